The SMILES string of the molecule is CCOc1ccc(-c2nc(OC)cc(C)c2N2CCN(c3ccc(OC)cc3)CC2)cc1. The Kier molecular flexibility index (Phi) is 6.69. The van der Waals surface area contributed by atoms with Gasteiger partial charge in [0.25, 0.3) is 0 Å². The van der Waals surface area contributed by atoms with Gasteiger partial charge in [0, 0.05) is 43.5 Å². The Hall–Kier alpha value is -3.41. The lowest BCUT2D eigenvalue weighted by Gasteiger charge is -2.38. The number of nitrogens with zero attached hydrogens (tertiary/aromatic N) is 3. The fraction of sp³-hybridized carbons (Fsp3) is 0.346. The van der Waals surface area contributed by atoms with Crippen LogP contribution >= 0.6 is 0 Å². The van der Waals surface area contributed by atoms with Crippen LogP contribution in [-0.2, 0) is 0 Å². The molecule has 0 bridgehead atoms. The molecule has 0 spiro atoms. The molecule has 0 amide bonds. The Bertz CT molecular complexity index is 1030. The summed E-state index contributed by atoms with van der Waals surface area (Å²) in [5.74, 6) is 2.38. The number of methoxy groups -OCH3 is 2. The summed E-state index contributed by atoms with van der Waals surface area (Å²) in [6, 6.07) is 18.4. The van der Waals surface area contributed by atoms with Gasteiger partial charge < -0.3 is 24.0 Å². The van der Waals surface area contributed by atoms with Crippen LogP contribution in [-0.4, -0.2) is 52.0 Å². The maximum Gasteiger partial charge on any atom is 0.213 e. The average molecular weight is 434 g/mol. The molecule has 0 N–H and O–H groups in total. The molecule has 1 aliphatic heterocycles. The topological polar surface area (TPSA) is 47.1 Å². The zero-order chi connectivity index (χ0) is 22.5. The molecule has 1 fully saturated rings. The Labute approximate surface area is 190 Å². The van der Waals surface area contributed by atoms with Crippen molar-refractivity contribution in [2.45, 2.75) is 13.8 Å². The largest absolute Gasteiger partial charge is 0.497 e. The van der Waals surface area contributed by atoms with Crippen LogP contribution in [0, 0.1) is 6.92 Å². The molecular weight excluding hydrogens is 402 g/mol. The molecule has 1 aliphatic rings. The molecule has 6 heteroatoms. The lowest BCUT2D eigenvalue weighted by molar-refractivity contribution is 0.340. The van der Waals surface area contributed by atoms with Crippen LogP contribution in [0.4, 0.5) is 11.4 Å². The van der Waals surface area contributed by atoms with E-state index in [1.165, 1.54) is 16.9 Å². The van der Waals surface area contributed by atoms with Gasteiger partial charge in [0.15, 0.2) is 0 Å². The molecule has 1 aromatic heterocycles. The van der Waals surface area contributed by atoms with Crippen LogP contribution in [0.15, 0.2) is 54.6 Å². The number of benzene rings is 2. The summed E-state index contributed by atoms with van der Waals surface area (Å²) in [6.07, 6.45) is 0. The lowest BCUT2D eigenvalue weighted by atomic mass is 10.0. The standard InChI is InChI=1S/C26H31N3O3/c1-5-32-23-10-6-20(7-11-23)25-26(19(2)18-24(27-25)31-4)29-16-14-28(15-17-29)21-8-12-22(30-3)13-9-21/h6-13,18H,5,14-17H2,1-4H3. The molecule has 0 radical (unpaired) electrons. The second kappa shape index (κ2) is 9.81. The summed E-state index contributed by atoms with van der Waals surface area (Å²) in [4.78, 5) is 9.69. The monoisotopic (exact) mass is 433 g/mol. The van der Waals surface area contributed by atoms with E-state index in [0.717, 1.165) is 48.9 Å². The van der Waals surface area contributed by atoms with Gasteiger partial charge >= 0.3 is 0 Å². The van der Waals surface area contributed by atoms with Crippen molar-refractivity contribution in [3.8, 4) is 28.6 Å². The van der Waals surface area contributed by atoms with Crippen molar-refractivity contribution in [3.05, 3.63) is 60.2 Å². The molecule has 4 rings (SSSR count). The second-order valence-corrected chi connectivity index (χ2v) is 7.81. The van der Waals surface area contributed by atoms with E-state index in [1.54, 1.807) is 14.2 Å². The third-order valence-corrected chi connectivity index (χ3v) is 5.84. The number of hydrogen-bond donors (Lipinski definition) is 0. The normalized spacial score (nSPS) is 13.8. The maximum atomic E-state index is 5.61. The molecule has 6 nitrogen and oxygen atoms in total. The Morgan fingerprint density at radius 2 is 1.44 bits per heavy atom. The average Bonchev–Trinajstić information content (AvgIpc) is 2.84. The molecule has 0 unspecified atom stereocenters. The van der Waals surface area contributed by atoms with Gasteiger partial charge in [0.1, 0.15) is 11.5 Å². The summed E-state index contributed by atoms with van der Waals surface area (Å²) in [7, 11) is 3.36. The minimum atomic E-state index is 0.631. The van der Waals surface area contributed by atoms with E-state index in [4.69, 9.17) is 19.2 Å². The molecule has 0 saturated carbocycles. The van der Waals surface area contributed by atoms with Crippen molar-refractivity contribution in [1.29, 1.82) is 0 Å². The molecule has 0 atom stereocenters. The highest BCUT2D eigenvalue weighted by Crippen LogP contribution is 2.36. The van der Waals surface area contributed by atoms with Crippen molar-refractivity contribution in [2.75, 3.05) is 56.8 Å². The summed E-state index contributed by atoms with van der Waals surface area (Å²) in [6.45, 7) is 8.51. The van der Waals surface area contributed by atoms with Crippen molar-refractivity contribution in [1.82, 2.24) is 4.98 Å². The minimum absolute atomic E-state index is 0.631. The zero-order valence-electron chi connectivity index (χ0n) is 19.3. The van der Waals surface area contributed by atoms with Gasteiger partial charge in [-0.2, -0.15) is 0 Å². The zero-order valence-corrected chi connectivity index (χ0v) is 19.3. The summed E-state index contributed by atoms with van der Waals surface area (Å²) >= 11 is 0. The van der Waals surface area contributed by atoms with Crippen LogP contribution in [0.3, 0.4) is 0 Å². The van der Waals surface area contributed by atoms with E-state index in [0.29, 0.717) is 12.5 Å². The second-order valence-electron chi connectivity index (χ2n) is 7.81. The molecule has 0 aliphatic carbocycles. The fourth-order valence-corrected chi connectivity index (χ4v) is 4.20. The predicted molar refractivity (Wildman–Crippen MR) is 130 cm³/mol. The molecule has 2 heterocycles. The van der Waals surface area contributed by atoms with Crippen LogP contribution in [0.5, 0.6) is 17.4 Å². The fourth-order valence-electron chi connectivity index (χ4n) is 4.20. The first kappa shape index (κ1) is 21.8. The molecule has 3 aromatic rings. The van der Waals surface area contributed by atoms with Gasteiger partial charge in [0.2, 0.25) is 5.88 Å². The van der Waals surface area contributed by atoms with E-state index in [2.05, 4.69) is 41.0 Å². The van der Waals surface area contributed by atoms with Crippen molar-refractivity contribution in [3.63, 3.8) is 0 Å². The van der Waals surface area contributed by atoms with Gasteiger partial charge in [-0.05, 0) is 67.9 Å². The summed E-state index contributed by atoms with van der Waals surface area (Å²) in [5, 5.41) is 0. The van der Waals surface area contributed by atoms with Gasteiger partial charge in [-0.3, -0.25) is 0 Å². The Morgan fingerprint density at radius 1 is 0.812 bits per heavy atom. The Balaban J connectivity index is 1.59. The number of hydrogen-bond acceptors (Lipinski definition) is 6. The highest BCUT2D eigenvalue weighted by molar-refractivity contribution is 5.79. The molecule has 1 saturated heterocycles. The molecule has 2 aromatic carbocycles. The third-order valence-electron chi connectivity index (χ3n) is 5.84. The molecular formula is C26H31N3O3. The van der Waals surface area contributed by atoms with Crippen molar-refractivity contribution < 1.29 is 14.2 Å². The van der Waals surface area contributed by atoms with E-state index in [-0.39, 0.29) is 0 Å². The van der Waals surface area contributed by atoms with Crippen LogP contribution in [0.2, 0.25) is 0 Å². The number of aryl methyl sites for hydroxylation is 1. The number of aromatic nitrogens is 1. The molecule has 168 valence electrons. The first-order chi connectivity index (χ1) is 15.6. The number of pyridine rings is 1. The van der Waals surface area contributed by atoms with Gasteiger partial charge in [-0.25, -0.2) is 4.98 Å². The van der Waals surface area contributed by atoms with Crippen LogP contribution in [0.25, 0.3) is 11.3 Å². The summed E-state index contributed by atoms with van der Waals surface area (Å²) < 4.78 is 16.4. The van der Waals surface area contributed by atoms with Crippen molar-refractivity contribution in [2.24, 2.45) is 0 Å². The number of rotatable bonds is 7. The van der Waals surface area contributed by atoms with E-state index in [9.17, 15) is 0 Å². The highest BCUT2D eigenvalue weighted by atomic mass is 16.5. The smallest absolute Gasteiger partial charge is 0.213 e. The number of anilines is 2. The van der Waals surface area contributed by atoms with Gasteiger partial charge in [0.05, 0.1) is 32.2 Å². The quantitative estimate of drug-likeness (QED) is 0.533. The Morgan fingerprint density at radius 3 is 2.03 bits per heavy atom. The van der Waals surface area contributed by atoms with E-state index in [1.807, 2.05) is 37.3 Å². The molecule has 32 heavy (non-hydrogen) atoms. The van der Waals surface area contributed by atoms with Crippen molar-refractivity contribution >= 4 is 11.4 Å². The predicted octanol–water partition coefficient (Wildman–Crippen LogP) is 4.80. The first-order valence-electron chi connectivity index (χ1n) is 11.1. The number of piperazine rings is 1. The number of ether oxygens (including phenoxy) is 3. The third kappa shape index (κ3) is 4.59. The van der Waals surface area contributed by atoms with E-state index >= 15 is 0 Å². The lowest BCUT2D eigenvalue weighted by Crippen LogP contribution is -2.47. The van der Waals surface area contributed by atoms with Crippen LogP contribution in [0.1, 0.15) is 12.5 Å². The minimum Gasteiger partial charge on any atom is -0.497 e. The van der Waals surface area contributed by atoms with Crippen LogP contribution < -0.4 is 24.0 Å². The summed E-state index contributed by atoms with van der Waals surface area (Å²) in [5.41, 5.74) is 5.57. The van der Waals surface area contributed by atoms with Gasteiger partial charge in [-0.1, -0.05) is 0 Å². The maximum absolute atomic E-state index is 5.61. The van der Waals surface area contributed by atoms with E-state index < -0.39 is 0 Å². The van der Waals surface area contributed by atoms with Gasteiger partial charge in [-0.15, -0.1) is 0 Å². The first-order valence-corrected chi connectivity index (χ1v) is 11.1. The highest BCUT2D eigenvalue weighted by Gasteiger charge is 2.23.